The molecule has 2 aromatic rings. The lowest BCUT2D eigenvalue weighted by atomic mass is 10.1. The van der Waals surface area contributed by atoms with E-state index in [2.05, 4.69) is 20.6 Å². The van der Waals surface area contributed by atoms with Crippen molar-refractivity contribution in [2.24, 2.45) is 0 Å². The molecule has 1 aromatic carbocycles. The second-order valence-electron chi connectivity index (χ2n) is 4.76. The van der Waals surface area contributed by atoms with Gasteiger partial charge in [-0.05, 0) is 31.5 Å². The SMILES string of the molecule is COc1nc2ccccc2nc1NC1CCCNC1.Cl. The van der Waals surface area contributed by atoms with Crippen LogP contribution in [0.5, 0.6) is 5.88 Å². The summed E-state index contributed by atoms with van der Waals surface area (Å²) >= 11 is 0. The Kier molecular flexibility index (Phi) is 4.98. The van der Waals surface area contributed by atoms with Crippen LogP contribution in [0.3, 0.4) is 0 Å². The van der Waals surface area contributed by atoms with Crippen LogP contribution in [0.4, 0.5) is 5.82 Å². The molecule has 1 unspecified atom stereocenters. The van der Waals surface area contributed by atoms with Crippen LogP contribution in [0.25, 0.3) is 11.0 Å². The normalized spacial score (nSPS) is 18.4. The minimum Gasteiger partial charge on any atom is -0.478 e. The molecule has 1 aliphatic heterocycles. The largest absolute Gasteiger partial charge is 0.478 e. The van der Waals surface area contributed by atoms with Crippen LogP contribution >= 0.6 is 12.4 Å². The van der Waals surface area contributed by atoms with Crippen molar-refractivity contribution in [2.75, 3.05) is 25.5 Å². The third-order valence-electron chi connectivity index (χ3n) is 3.37. The van der Waals surface area contributed by atoms with E-state index in [1.165, 1.54) is 6.42 Å². The van der Waals surface area contributed by atoms with Gasteiger partial charge in [0.2, 0.25) is 0 Å². The third kappa shape index (κ3) is 3.11. The number of hydrogen-bond acceptors (Lipinski definition) is 5. The quantitative estimate of drug-likeness (QED) is 0.909. The van der Waals surface area contributed by atoms with Gasteiger partial charge in [0.25, 0.3) is 5.88 Å². The molecule has 0 radical (unpaired) electrons. The van der Waals surface area contributed by atoms with Crippen molar-refractivity contribution in [3.63, 3.8) is 0 Å². The topological polar surface area (TPSA) is 59.1 Å². The van der Waals surface area contributed by atoms with Gasteiger partial charge in [-0.3, -0.25) is 0 Å². The predicted octanol–water partition coefficient (Wildman–Crippen LogP) is 2.22. The Morgan fingerprint density at radius 1 is 1.25 bits per heavy atom. The molecular formula is C14H19ClN4O. The van der Waals surface area contributed by atoms with Gasteiger partial charge >= 0.3 is 0 Å². The lowest BCUT2D eigenvalue weighted by molar-refractivity contribution is 0.397. The van der Waals surface area contributed by atoms with Gasteiger partial charge in [0.05, 0.1) is 18.1 Å². The van der Waals surface area contributed by atoms with Crippen molar-refractivity contribution in [3.8, 4) is 5.88 Å². The molecule has 1 aromatic heterocycles. The number of halogens is 1. The minimum atomic E-state index is 0. The van der Waals surface area contributed by atoms with Gasteiger partial charge in [0, 0.05) is 12.6 Å². The van der Waals surface area contributed by atoms with E-state index in [9.17, 15) is 0 Å². The molecule has 1 aliphatic rings. The zero-order chi connectivity index (χ0) is 13.1. The molecule has 1 saturated heterocycles. The molecule has 3 rings (SSSR count). The van der Waals surface area contributed by atoms with E-state index in [4.69, 9.17) is 4.74 Å². The number of para-hydroxylation sites is 2. The van der Waals surface area contributed by atoms with Crippen LogP contribution in [0, 0.1) is 0 Å². The Bertz CT molecular complexity index is 572. The summed E-state index contributed by atoms with van der Waals surface area (Å²) in [6, 6.07) is 8.21. The summed E-state index contributed by atoms with van der Waals surface area (Å²) in [5.74, 6) is 1.29. The highest BCUT2D eigenvalue weighted by molar-refractivity contribution is 5.85. The lowest BCUT2D eigenvalue weighted by Crippen LogP contribution is -2.38. The van der Waals surface area contributed by atoms with E-state index < -0.39 is 0 Å². The number of anilines is 1. The first-order valence-corrected chi connectivity index (χ1v) is 6.65. The predicted molar refractivity (Wildman–Crippen MR) is 82.9 cm³/mol. The van der Waals surface area contributed by atoms with Crippen molar-refractivity contribution in [2.45, 2.75) is 18.9 Å². The van der Waals surface area contributed by atoms with Crippen molar-refractivity contribution >= 4 is 29.3 Å². The highest BCUT2D eigenvalue weighted by Gasteiger charge is 2.16. The average molecular weight is 295 g/mol. The zero-order valence-electron chi connectivity index (χ0n) is 11.4. The molecule has 5 nitrogen and oxygen atoms in total. The van der Waals surface area contributed by atoms with Crippen molar-refractivity contribution < 1.29 is 4.74 Å². The Morgan fingerprint density at radius 2 is 2.00 bits per heavy atom. The van der Waals surface area contributed by atoms with Crippen LogP contribution in [-0.4, -0.2) is 36.2 Å². The summed E-state index contributed by atoms with van der Waals surface area (Å²) < 4.78 is 5.34. The van der Waals surface area contributed by atoms with Gasteiger partial charge in [-0.2, -0.15) is 0 Å². The van der Waals surface area contributed by atoms with E-state index in [1.54, 1.807) is 7.11 Å². The summed E-state index contributed by atoms with van der Waals surface area (Å²) in [5, 5.41) is 6.81. The zero-order valence-corrected chi connectivity index (χ0v) is 12.2. The molecule has 2 N–H and O–H groups in total. The first kappa shape index (κ1) is 14.8. The fourth-order valence-electron chi connectivity index (χ4n) is 2.39. The Labute approximate surface area is 124 Å². The molecule has 0 amide bonds. The van der Waals surface area contributed by atoms with Gasteiger partial charge in [-0.25, -0.2) is 9.97 Å². The Balaban J connectivity index is 0.00000147. The molecular weight excluding hydrogens is 276 g/mol. The smallest absolute Gasteiger partial charge is 0.257 e. The van der Waals surface area contributed by atoms with Gasteiger partial charge in [-0.1, -0.05) is 12.1 Å². The second-order valence-corrected chi connectivity index (χ2v) is 4.76. The van der Waals surface area contributed by atoms with Crippen molar-refractivity contribution in [1.82, 2.24) is 15.3 Å². The van der Waals surface area contributed by atoms with E-state index >= 15 is 0 Å². The van der Waals surface area contributed by atoms with Crippen LogP contribution in [0.15, 0.2) is 24.3 Å². The summed E-state index contributed by atoms with van der Waals surface area (Å²) in [5.41, 5.74) is 1.74. The number of piperidine rings is 1. The maximum atomic E-state index is 5.34. The molecule has 0 aliphatic carbocycles. The number of rotatable bonds is 3. The van der Waals surface area contributed by atoms with Crippen molar-refractivity contribution in [1.29, 1.82) is 0 Å². The van der Waals surface area contributed by atoms with Crippen molar-refractivity contribution in [3.05, 3.63) is 24.3 Å². The molecule has 0 saturated carbocycles. The Morgan fingerprint density at radius 3 is 2.65 bits per heavy atom. The number of benzene rings is 1. The highest BCUT2D eigenvalue weighted by atomic mass is 35.5. The summed E-state index contributed by atoms with van der Waals surface area (Å²) in [7, 11) is 1.63. The maximum Gasteiger partial charge on any atom is 0.257 e. The summed E-state index contributed by atoms with van der Waals surface area (Å²) in [6.07, 6.45) is 2.33. The number of nitrogens with one attached hydrogen (secondary N) is 2. The number of nitrogens with zero attached hydrogens (tertiary/aromatic N) is 2. The molecule has 20 heavy (non-hydrogen) atoms. The maximum absolute atomic E-state index is 5.34. The number of hydrogen-bond donors (Lipinski definition) is 2. The van der Waals surface area contributed by atoms with Gasteiger partial charge < -0.3 is 15.4 Å². The van der Waals surface area contributed by atoms with E-state index in [0.29, 0.717) is 11.9 Å². The molecule has 1 fully saturated rings. The Hall–Kier alpha value is -1.59. The average Bonchev–Trinajstić information content (AvgIpc) is 2.47. The van der Waals surface area contributed by atoms with E-state index in [0.717, 1.165) is 36.4 Å². The van der Waals surface area contributed by atoms with Crippen LogP contribution < -0.4 is 15.4 Å². The number of fused-ring (bicyclic) bond motifs is 1. The van der Waals surface area contributed by atoms with E-state index in [1.807, 2.05) is 24.3 Å². The van der Waals surface area contributed by atoms with Crippen LogP contribution in [0.2, 0.25) is 0 Å². The first-order valence-electron chi connectivity index (χ1n) is 6.65. The fourth-order valence-corrected chi connectivity index (χ4v) is 2.39. The van der Waals surface area contributed by atoms with E-state index in [-0.39, 0.29) is 12.4 Å². The number of aromatic nitrogens is 2. The lowest BCUT2D eigenvalue weighted by Gasteiger charge is -2.24. The molecule has 0 bridgehead atoms. The molecule has 6 heteroatoms. The summed E-state index contributed by atoms with van der Waals surface area (Å²) in [4.78, 5) is 9.11. The van der Waals surface area contributed by atoms with Crippen LogP contribution in [-0.2, 0) is 0 Å². The molecule has 2 heterocycles. The molecule has 108 valence electrons. The minimum absolute atomic E-state index is 0. The second kappa shape index (κ2) is 6.72. The standard InChI is InChI=1S/C14H18N4O.ClH/c1-19-14-13(16-10-5-4-8-15-9-10)17-11-6-2-3-7-12(11)18-14;/h2-3,6-7,10,15H,4-5,8-9H2,1H3,(H,16,17);1H. The van der Waals surface area contributed by atoms with Gasteiger partial charge in [-0.15, -0.1) is 12.4 Å². The van der Waals surface area contributed by atoms with Crippen LogP contribution in [0.1, 0.15) is 12.8 Å². The van der Waals surface area contributed by atoms with Gasteiger partial charge in [0.1, 0.15) is 0 Å². The first-order chi connectivity index (χ1) is 9.36. The number of methoxy groups -OCH3 is 1. The number of ether oxygens (including phenoxy) is 1. The van der Waals surface area contributed by atoms with Gasteiger partial charge in [0.15, 0.2) is 5.82 Å². The molecule has 1 atom stereocenters. The highest BCUT2D eigenvalue weighted by Crippen LogP contribution is 2.24. The monoisotopic (exact) mass is 294 g/mol. The fraction of sp³-hybridized carbons (Fsp3) is 0.429. The molecule has 0 spiro atoms. The third-order valence-corrected chi connectivity index (χ3v) is 3.37. The summed E-state index contributed by atoms with van der Waals surface area (Å²) in [6.45, 7) is 2.05.